The van der Waals surface area contributed by atoms with E-state index in [9.17, 15) is 0 Å². The minimum absolute atomic E-state index is 0.168. The van der Waals surface area contributed by atoms with Crippen LogP contribution in [0.1, 0.15) is 16.7 Å². The molecule has 2 heterocycles. The molecule has 5 heteroatoms. The van der Waals surface area contributed by atoms with Crippen molar-refractivity contribution in [3.8, 4) is 0 Å². The zero-order valence-electron chi connectivity index (χ0n) is 8.57. The Morgan fingerprint density at radius 2 is 2.33 bits per heavy atom. The van der Waals surface area contributed by atoms with E-state index >= 15 is 0 Å². The summed E-state index contributed by atoms with van der Waals surface area (Å²) in [6.07, 6.45) is 3.78. The second kappa shape index (κ2) is 4.47. The summed E-state index contributed by atoms with van der Waals surface area (Å²) in [6.45, 7) is 0. The number of nitrogens with one attached hydrogen (secondary N) is 1. The van der Waals surface area contributed by atoms with Gasteiger partial charge in [0.1, 0.15) is 11.9 Å². The first-order valence-electron chi connectivity index (χ1n) is 4.62. The van der Waals surface area contributed by atoms with Crippen molar-refractivity contribution in [2.24, 2.45) is 7.05 Å². The summed E-state index contributed by atoms with van der Waals surface area (Å²) in [7, 11) is 3.96. The van der Waals surface area contributed by atoms with Gasteiger partial charge in [0.05, 0.1) is 3.79 Å². The number of aryl methyl sites for hydroxylation is 1. The molecule has 0 aromatic carbocycles. The Balaban J connectivity index is 2.36. The van der Waals surface area contributed by atoms with Crippen molar-refractivity contribution < 1.29 is 0 Å². The summed E-state index contributed by atoms with van der Waals surface area (Å²) in [5, 5.41) is 3.28. The number of nitrogens with zero attached hydrogens (tertiary/aromatic N) is 2. The molecule has 0 amide bonds. The maximum absolute atomic E-state index is 4.36. The highest BCUT2D eigenvalue weighted by Gasteiger charge is 2.17. The molecule has 80 valence electrons. The molecule has 0 radical (unpaired) electrons. The Bertz CT molecular complexity index is 449. The fraction of sp³-hybridized carbons (Fsp3) is 0.300. The quantitative estimate of drug-likeness (QED) is 0.939. The summed E-state index contributed by atoms with van der Waals surface area (Å²) in [5.41, 5.74) is 0. The van der Waals surface area contributed by atoms with E-state index < -0.39 is 0 Å². The average molecular weight is 286 g/mol. The Morgan fingerprint density at radius 1 is 1.53 bits per heavy atom. The molecular formula is C10H12BrN3S. The third-order valence-electron chi connectivity index (χ3n) is 2.28. The van der Waals surface area contributed by atoms with E-state index in [0.717, 1.165) is 9.61 Å². The molecule has 2 aromatic heterocycles. The summed E-state index contributed by atoms with van der Waals surface area (Å²) in [6, 6.07) is 4.35. The van der Waals surface area contributed by atoms with Gasteiger partial charge in [-0.1, -0.05) is 0 Å². The lowest BCUT2D eigenvalue weighted by molar-refractivity contribution is 0.626. The van der Waals surface area contributed by atoms with E-state index in [0.29, 0.717) is 0 Å². The molecule has 0 aliphatic heterocycles. The van der Waals surface area contributed by atoms with E-state index in [2.05, 4.69) is 38.4 Å². The molecule has 0 saturated carbocycles. The fourth-order valence-corrected chi connectivity index (χ4v) is 3.07. The van der Waals surface area contributed by atoms with Crippen LogP contribution in [0.4, 0.5) is 0 Å². The van der Waals surface area contributed by atoms with Crippen LogP contribution in [0.25, 0.3) is 0 Å². The minimum Gasteiger partial charge on any atom is -0.336 e. The van der Waals surface area contributed by atoms with Crippen molar-refractivity contribution in [3.05, 3.63) is 39.0 Å². The number of thiophene rings is 1. The third-order valence-corrected chi connectivity index (χ3v) is 3.97. The van der Waals surface area contributed by atoms with E-state index in [1.54, 1.807) is 11.3 Å². The fourth-order valence-electron chi connectivity index (χ4n) is 1.54. The minimum atomic E-state index is 0.168. The molecule has 1 atom stereocenters. The molecule has 0 aliphatic rings. The normalized spacial score (nSPS) is 13.0. The number of hydrogen-bond acceptors (Lipinski definition) is 3. The van der Waals surface area contributed by atoms with Crippen molar-refractivity contribution in [2.75, 3.05) is 7.05 Å². The van der Waals surface area contributed by atoms with E-state index in [-0.39, 0.29) is 6.04 Å². The lowest BCUT2D eigenvalue weighted by Gasteiger charge is -2.13. The van der Waals surface area contributed by atoms with Gasteiger partial charge in [0.2, 0.25) is 0 Å². The zero-order valence-corrected chi connectivity index (χ0v) is 11.0. The van der Waals surface area contributed by atoms with Gasteiger partial charge in [-0.05, 0) is 35.1 Å². The molecule has 0 fully saturated rings. The highest BCUT2D eigenvalue weighted by molar-refractivity contribution is 9.11. The predicted molar refractivity (Wildman–Crippen MR) is 66.1 cm³/mol. The zero-order chi connectivity index (χ0) is 10.8. The number of rotatable bonds is 3. The van der Waals surface area contributed by atoms with E-state index in [1.807, 2.05) is 31.1 Å². The van der Waals surface area contributed by atoms with E-state index in [1.165, 1.54) is 4.88 Å². The summed E-state index contributed by atoms with van der Waals surface area (Å²) in [4.78, 5) is 5.63. The molecule has 2 rings (SSSR count). The van der Waals surface area contributed by atoms with Gasteiger partial charge in [0.25, 0.3) is 0 Å². The van der Waals surface area contributed by atoms with Gasteiger partial charge >= 0.3 is 0 Å². The van der Waals surface area contributed by atoms with Crippen molar-refractivity contribution in [1.82, 2.24) is 14.9 Å². The summed E-state index contributed by atoms with van der Waals surface area (Å²) < 4.78 is 3.18. The lowest BCUT2D eigenvalue weighted by Crippen LogP contribution is -2.20. The standard InChI is InChI=1S/C10H12BrN3S/c1-12-9(7-3-4-8(11)15-7)10-13-5-6-14(10)2/h3-6,9,12H,1-2H3. The van der Waals surface area contributed by atoms with Crippen LogP contribution in [-0.2, 0) is 7.05 Å². The number of imidazole rings is 1. The van der Waals surface area contributed by atoms with Crippen molar-refractivity contribution in [1.29, 1.82) is 0 Å². The molecule has 2 aromatic rings. The van der Waals surface area contributed by atoms with Crippen molar-refractivity contribution in [3.63, 3.8) is 0 Å². The van der Waals surface area contributed by atoms with Gasteiger partial charge in [-0.25, -0.2) is 4.98 Å². The van der Waals surface area contributed by atoms with Crippen LogP contribution in [0.2, 0.25) is 0 Å². The van der Waals surface area contributed by atoms with Crippen molar-refractivity contribution in [2.45, 2.75) is 6.04 Å². The topological polar surface area (TPSA) is 29.9 Å². The summed E-state index contributed by atoms with van der Waals surface area (Å²) >= 11 is 5.20. The Labute approximate surface area is 101 Å². The van der Waals surface area contributed by atoms with Crippen LogP contribution in [0.15, 0.2) is 28.3 Å². The largest absolute Gasteiger partial charge is 0.336 e. The molecule has 0 aliphatic carbocycles. The third kappa shape index (κ3) is 2.14. The Kier molecular flexibility index (Phi) is 3.23. The molecule has 0 spiro atoms. The average Bonchev–Trinajstić information content (AvgIpc) is 2.79. The highest BCUT2D eigenvalue weighted by Crippen LogP contribution is 2.30. The maximum Gasteiger partial charge on any atom is 0.131 e. The predicted octanol–water partition coefficient (Wildman–Crippen LogP) is 2.55. The van der Waals surface area contributed by atoms with Gasteiger partial charge in [-0.2, -0.15) is 0 Å². The van der Waals surface area contributed by atoms with Crippen molar-refractivity contribution >= 4 is 27.3 Å². The Hall–Kier alpha value is -0.650. The number of halogens is 1. The first-order chi connectivity index (χ1) is 7.22. The SMILES string of the molecule is CNC(c1ccc(Br)s1)c1nccn1C. The first kappa shape index (κ1) is 10.9. The molecule has 1 unspecified atom stereocenters. The maximum atomic E-state index is 4.36. The van der Waals surface area contributed by atoms with Crippen LogP contribution in [0, 0.1) is 0 Å². The molecule has 3 nitrogen and oxygen atoms in total. The second-order valence-electron chi connectivity index (χ2n) is 3.26. The Morgan fingerprint density at radius 3 is 2.80 bits per heavy atom. The van der Waals surface area contributed by atoms with Crippen LogP contribution >= 0.6 is 27.3 Å². The molecule has 0 saturated heterocycles. The van der Waals surface area contributed by atoms with Gasteiger partial charge in [-0.15, -0.1) is 11.3 Å². The molecule has 15 heavy (non-hydrogen) atoms. The molecule has 1 N–H and O–H groups in total. The monoisotopic (exact) mass is 285 g/mol. The van der Waals surface area contributed by atoms with Gasteiger partial charge in [0.15, 0.2) is 0 Å². The lowest BCUT2D eigenvalue weighted by atomic mass is 10.2. The first-order valence-corrected chi connectivity index (χ1v) is 6.23. The van der Waals surface area contributed by atoms with Crippen LogP contribution in [-0.4, -0.2) is 16.6 Å². The number of hydrogen-bond donors (Lipinski definition) is 1. The van der Waals surface area contributed by atoms with Gasteiger partial charge < -0.3 is 9.88 Å². The van der Waals surface area contributed by atoms with Crippen LogP contribution in [0.5, 0.6) is 0 Å². The number of aromatic nitrogens is 2. The van der Waals surface area contributed by atoms with Gasteiger partial charge in [-0.3, -0.25) is 0 Å². The molecular weight excluding hydrogens is 274 g/mol. The summed E-state index contributed by atoms with van der Waals surface area (Å²) in [5.74, 6) is 1.03. The highest BCUT2D eigenvalue weighted by atomic mass is 79.9. The van der Waals surface area contributed by atoms with Crippen LogP contribution < -0.4 is 5.32 Å². The van der Waals surface area contributed by atoms with Gasteiger partial charge in [0, 0.05) is 24.3 Å². The smallest absolute Gasteiger partial charge is 0.131 e. The van der Waals surface area contributed by atoms with Crippen LogP contribution in [0.3, 0.4) is 0 Å². The van der Waals surface area contributed by atoms with E-state index in [4.69, 9.17) is 0 Å². The molecule has 0 bridgehead atoms. The second-order valence-corrected chi connectivity index (χ2v) is 5.75.